The summed E-state index contributed by atoms with van der Waals surface area (Å²) >= 11 is 6.45. The van der Waals surface area contributed by atoms with Crippen molar-refractivity contribution in [3.8, 4) is 11.1 Å². The Labute approximate surface area is 185 Å². The average molecular weight is 465 g/mol. The summed E-state index contributed by atoms with van der Waals surface area (Å²) in [6.45, 7) is 3.59. The molecular formula is C22H17ClF4N4O. The first kappa shape index (κ1) is 22.0. The topological polar surface area (TPSA) is 49.3 Å². The zero-order chi connectivity index (χ0) is 23.0. The van der Waals surface area contributed by atoms with E-state index in [0.29, 0.717) is 32.9 Å². The number of fused-ring (bicyclic) bond motifs is 1. The van der Waals surface area contributed by atoms with Gasteiger partial charge in [-0.05, 0) is 18.2 Å². The molecule has 10 heteroatoms. The van der Waals surface area contributed by atoms with Gasteiger partial charge in [-0.25, -0.2) is 14.4 Å². The monoisotopic (exact) mass is 464 g/mol. The van der Waals surface area contributed by atoms with Crippen molar-refractivity contribution in [3.05, 3.63) is 65.7 Å². The molecule has 4 rings (SSSR count). The number of alkyl halides is 3. The van der Waals surface area contributed by atoms with Crippen molar-refractivity contribution >= 4 is 34.2 Å². The summed E-state index contributed by atoms with van der Waals surface area (Å²) in [6.07, 6.45) is -3.40. The first-order valence-electron chi connectivity index (χ1n) is 9.66. The van der Waals surface area contributed by atoms with E-state index >= 15 is 0 Å². The molecule has 0 aliphatic carbocycles. The Bertz CT molecular complexity index is 1210. The first-order chi connectivity index (χ1) is 15.2. The van der Waals surface area contributed by atoms with Crippen molar-refractivity contribution in [2.45, 2.75) is 6.18 Å². The van der Waals surface area contributed by atoms with Gasteiger partial charge in [0, 0.05) is 47.7 Å². The van der Waals surface area contributed by atoms with E-state index in [1.54, 1.807) is 30.3 Å². The van der Waals surface area contributed by atoms with E-state index in [-0.39, 0.29) is 26.2 Å². The van der Waals surface area contributed by atoms with Crippen molar-refractivity contribution in [2.75, 3.05) is 31.1 Å². The number of carbonyl (C=O) groups excluding carboxylic acids is 1. The fourth-order valence-electron chi connectivity index (χ4n) is 3.63. The second-order valence-electron chi connectivity index (χ2n) is 7.28. The lowest BCUT2D eigenvalue weighted by Crippen LogP contribution is -2.50. The van der Waals surface area contributed by atoms with E-state index in [0.717, 1.165) is 4.90 Å². The van der Waals surface area contributed by atoms with Gasteiger partial charge in [-0.15, -0.1) is 0 Å². The number of nitrogens with zero attached hydrogens (tertiary/aromatic N) is 4. The van der Waals surface area contributed by atoms with Crippen molar-refractivity contribution in [1.82, 2.24) is 14.9 Å². The number of hydrogen-bond acceptors (Lipinski definition) is 4. The molecule has 0 bridgehead atoms. The largest absolute Gasteiger partial charge is 0.421 e. The highest BCUT2D eigenvalue weighted by atomic mass is 35.5. The van der Waals surface area contributed by atoms with Gasteiger partial charge < -0.3 is 9.80 Å². The minimum atomic E-state index is -4.76. The lowest BCUT2D eigenvalue weighted by atomic mass is 10.0. The van der Waals surface area contributed by atoms with Crippen LogP contribution < -0.4 is 4.90 Å². The van der Waals surface area contributed by atoms with E-state index in [1.165, 1.54) is 12.4 Å². The number of anilines is 1. The predicted octanol–water partition coefficient (Wildman–Crippen LogP) is 4.86. The van der Waals surface area contributed by atoms with Crippen LogP contribution in [-0.2, 0) is 4.79 Å². The minimum absolute atomic E-state index is 0.0838. The van der Waals surface area contributed by atoms with E-state index in [9.17, 15) is 22.4 Å². The van der Waals surface area contributed by atoms with Crippen LogP contribution >= 0.6 is 11.6 Å². The van der Waals surface area contributed by atoms with Gasteiger partial charge in [0.2, 0.25) is 0 Å². The fraction of sp³-hybridized carbons (Fsp3) is 0.227. The molecule has 1 aliphatic heterocycles. The standard InChI is InChI=1S/C22H17ClF4N4O/c1-13(22(25,26)27)21(32)31-8-6-30(7-9-31)20-16-10-17(23)15(11-19(16)28-12-29-20)14-4-2-3-5-18(14)24/h2-5,10-12H,1,6-9H2. The Morgan fingerprint density at radius 2 is 1.72 bits per heavy atom. The maximum Gasteiger partial charge on any atom is 0.421 e. The summed E-state index contributed by atoms with van der Waals surface area (Å²) in [7, 11) is 0. The number of carbonyl (C=O) groups is 1. The lowest BCUT2D eigenvalue weighted by Gasteiger charge is -2.36. The molecular weight excluding hydrogens is 448 g/mol. The van der Waals surface area contributed by atoms with Crippen molar-refractivity contribution in [2.24, 2.45) is 0 Å². The average Bonchev–Trinajstić information content (AvgIpc) is 2.77. The third-order valence-corrected chi connectivity index (χ3v) is 5.65. The number of rotatable bonds is 3. The number of aromatic nitrogens is 2. The maximum atomic E-state index is 14.2. The molecule has 0 atom stereocenters. The molecule has 1 saturated heterocycles. The summed E-state index contributed by atoms with van der Waals surface area (Å²) in [5.41, 5.74) is -0.00734. The van der Waals surface area contributed by atoms with Crippen LogP contribution in [0.3, 0.4) is 0 Å². The highest BCUT2D eigenvalue weighted by molar-refractivity contribution is 6.34. The molecule has 1 amide bonds. The normalized spacial score (nSPS) is 14.7. The van der Waals surface area contributed by atoms with E-state index < -0.39 is 23.5 Å². The molecule has 0 saturated carbocycles. The van der Waals surface area contributed by atoms with Crippen LogP contribution in [0.15, 0.2) is 54.9 Å². The fourth-order valence-corrected chi connectivity index (χ4v) is 3.90. The van der Waals surface area contributed by atoms with Gasteiger partial charge in [0.25, 0.3) is 5.91 Å². The molecule has 0 spiro atoms. The molecule has 2 aromatic carbocycles. The van der Waals surface area contributed by atoms with Gasteiger partial charge in [-0.1, -0.05) is 36.4 Å². The number of amides is 1. The van der Waals surface area contributed by atoms with Gasteiger partial charge in [0.05, 0.1) is 5.52 Å². The first-order valence-corrected chi connectivity index (χ1v) is 10.0. The van der Waals surface area contributed by atoms with Crippen LogP contribution in [0.5, 0.6) is 0 Å². The van der Waals surface area contributed by atoms with Crippen LogP contribution in [-0.4, -0.2) is 53.1 Å². The van der Waals surface area contributed by atoms with E-state index in [1.807, 2.05) is 4.90 Å². The summed E-state index contributed by atoms with van der Waals surface area (Å²) in [5.74, 6) is -0.995. The van der Waals surface area contributed by atoms with Gasteiger partial charge in [-0.2, -0.15) is 13.2 Å². The molecule has 0 radical (unpaired) electrons. The molecule has 166 valence electrons. The summed E-state index contributed by atoms with van der Waals surface area (Å²) in [5, 5.41) is 0.936. The molecule has 1 aliphatic rings. The predicted molar refractivity (Wildman–Crippen MR) is 114 cm³/mol. The summed E-state index contributed by atoms with van der Waals surface area (Å²) in [6, 6.07) is 9.58. The second kappa shape index (κ2) is 8.38. The van der Waals surface area contributed by atoms with Gasteiger partial charge in [0.15, 0.2) is 0 Å². The molecule has 5 nitrogen and oxygen atoms in total. The zero-order valence-electron chi connectivity index (χ0n) is 16.7. The quantitative estimate of drug-likeness (QED) is 0.410. The number of piperazine rings is 1. The third-order valence-electron chi connectivity index (χ3n) is 5.33. The zero-order valence-corrected chi connectivity index (χ0v) is 17.4. The summed E-state index contributed by atoms with van der Waals surface area (Å²) in [4.78, 5) is 23.6. The summed E-state index contributed by atoms with van der Waals surface area (Å²) < 4.78 is 52.6. The second-order valence-corrected chi connectivity index (χ2v) is 7.69. The van der Waals surface area contributed by atoms with Crippen LogP contribution in [0.1, 0.15) is 0 Å². The van der Waals surface area contributed by atoms with Crippen LogP contribution in [0.25, 0.3) is 22.0 Å². The Hall–Kier alpha value is -3.20. The Balaban J connectivity index is 1.60. The van der Waals surface area contributed by atoms with E-state index in [2.05, 4.69) is 16.5 Å². The molecule has 0 N–H and O–H groups in total. The lowest BCUT2D eigenvalue weighted by molar-refractivity contribution is -0.139. The Kier molecular flexibility index (Phi) is 5.77. The van der Waals surface area contributed by atoms with E-state index in [4.69, 9.17) is 11.6 Å². The molecule has 1 aromatic heterocycles. The van der Waals surface area contributed by atoms with Crippen LogP contribution in [0, 0.1) is 5.82 Å². The molecule has 0 unspecified atom stereocenters. The smallest absolute Gasteiger partial charge is 0.352 e. The maximum absolute atomic E-state index is 14.2. The van der Waals surface area contributed by atoms with Crippen LogP contribution in [0.2, 0.25) is 5.02 Å². The minimum Gasteiger partial charge on any atom is -0.352 e. The van der Waals surface area contributed by atoms with Crippen molar-refractivity contribution in [1.29, 1.82) is 0 Å². The van der Waals surface area contributed by atoms with Crippen LogP contribution in [0.4, 0.5) is 23.4 Å². The molecule has 3 aromatic rings. The molecule has 32 heavy (non-hydrogen) atoms. The Morgan fingerprint density at radius 1 is 1.03 bits per heavy atom. The SMILES string of the molecule is C=C(C(=O)N1CCN(c2ncnc3cc(-c4ccccc4F)c(Cl)cc23)CC1)C(F)(F)F. The molecule has 2 heterocycles. The van der Waals surface area contributed by atoms with Crippen molar-refractivity contribution in [3.63, 3.8) is 0 Å². The van der Waals surface area contributed by atoms with Crippen molar-refractivity contribution < 1.29 is 22.4 Å². The number of benzene rings is 2. The van der Waals surface area contributed by atoms with Gasteiger partial charge >= 0.3 is 6.18 Å². The number of hydrogen-bond donors (Lipinski definition) is 0. The highest BCUT2D eigenvalue weighted by Gasteiger charge is 2.39. The number of halogens is 5. The highest BCUT2D eigenvalue weighted by Crippen LogP contribution is 2.36. The van der Waals surface area contributed by atoms with Gasteiger partial charge in [0.1, 0.15) is 23.5 Å². The molecule has 1 fully saturated rings. The Morgan fingerprint density at radius 3 is 2.38 bits per heavy atom. The van der Waals surface area contributed by atoms with Gasteiger partial charge in [-0.3, -0.25) is 4.79 Å². The third kappa shape index (κ3) is 4.12.